The van der Waals surface area contributed by atoms with Crippen LogP contribution in [0.2, 0.25) is 0 Å². The molecule has 0 aliphatic carbocycles. The summed E-state index contributed by atoms with van der Waals surface area (Å²) < 4.78 is 1.10. The lowest BCUT2D eigenvalue weighted by Crippen LogP contribution is -2.39. The van der Waals surface area contributed by atoms with Crippen LogP contribution in [0.15, 0.2) is 46.9 Å². The number of aliphatic carboxylic acids is 1. The fourth-order valence-corrected chi connectivity index (χ4v) is 4.22. The molecule has 1 aliphatic heterocycles. The molecule has 1 fully saturated rings. The van der Waals surface area contributed by atoms with Crippen LogP contribution in [0.4, 0.5) is 0 Å². The number of rotatable bonds is 4. The van der Waals surface area contributed by atoms with Crippen molar-refractivity contribution >= 4 is 21.9 Å². The summed E-state index contributed by atoms with van der Waals surface area (Å²) in [5, 5.41) is 9.30. The van der Waals surface area contributed by atoms with Crippen LogP contribution in [-0.2, 0) is 4.79 Å². The Hall–Kier alpha value is -1.65. The van der Waals surface area contributed by atoms with E-state index < -0.39 is 5.97 Å². The number of halogens is 1. The van der Waals surface area contributed by atoms with Gasteiger partial charge in [-0.2, -0.15) is 0 Å². The number of hydrogen-bond acceptors (Lipinski definition) is 2. The van der Waals surface area contributed by atoms with Gasteiger partial charge in [-0.25, -0.2) is 0 Å². The second-order valence-corrected chi connectivity index (χ2v) is 7.79. The van der Waals surface area contributed by atoms with E-state index in [1.165, 1.54) is 22.3 Å². The first kappa shape index (κ1) is 18.2. The highest BCUT2D eigenvalue weighted by Crippen LogP contribution is 2.37. The minimum atomic E-state index is -0.663. The zero-order chi connectivity index (χ0) is 18.0. The maximum atomic E-state index is 11.3. The molecule has 1 saturated heterocycles. The first-order chi connectivity index (χ1) is 12.0. The Morgan fingerprint density at radius 3 is 2.44 bits per heavy atom. The van der Waals surface area contributed by atoms with Gasteiger partial charge in [0.15, 0.2) is 0 Å². The maximum Gasteiger partial charge on any atom is 0.306 e. The first-order valence-corrected chi connectivity index (χ1v) is 9.55. The molecule has 1 atom stereocenters. The molecular weight excluding hydrogens is 378 g/mol. The highest BCUT2D eigenvalue weighted by molar-refractivity contribution is 9.10. The van der Waals surface area contributed by atoms with Crippen LogP contribution >= 0.6 is 15.9 Å². The minimum absolute atomic E-state index is 0.144. The van der Waals surface area contributed by atoms with Gasteiger partial charge in [0.1, 0.15) is 0 Å². The molecule has 1 aliphatic rings. The summed E-state index contributed by atoms with van der Waals surface area (Å²) in [4.78, 5) is 13.7. The van der Waals surface area contributed by atoms with Crippen molar-refractivity contribution in [3.8, 4) is 0 Å². The number of nitrogens with zero attached hydrogens (tertiary/aromatic N) is 1. The molecule has 0 amide bonds. The summed E-state index contributed by atoms with van der Waals surface area (Å²) in [7, 11) is 0. The lowest BCUT2D eigenvalue weighted by atomic mass is 9.89. The third-order valence-corrected chi connectivity index (χ3v) is 5.90. The number of carboxylic acid groups (broad SMARTS) is 1. The van der Waals surface area contributed by atoms with Crippen molar-refractivity contribution in [1.82, 2.24) is 4.90 Å². The van der Waals surface area contributed by atoms with E-state index in [9.17, 15) is 9.90 Å². The standard InChI is InChI=1S/C21H24BrNO2/c1-14-7-8-15(2)18(13-14)20(17-5-3-4-6-19(17)22)23-11-9-16(10-12-23)21(24)25/h3-8,13,16,20H,9-12H2,1-2H3,(H,24,25). The molecule has 0 radical (unpaired) electrons. The Bertz CT molecular complexity index is 766. The predicted molar refractivity (Wildman–Crippen MR) is 104 cm³/mol. The molecule has 25 heavy (non-hydrogen) atoms. The summed E-state index contributed by atoms with van der Waals surface area (Å²) in [5.41, 5.74) is 5.07. The molecule has 1 N–H and O–H groups in total. The van der Waals surface area contributed by atoms with Crippen LogP contribution in [0, 0.1) is 19.8 Å². The number of carbonyl (C=O) groups is 1. The molecule has 1 unspecified atom stereocenters. The zero-order valence-corrected chi connectivity index (χ0v) is 16.3. The Balaban J connectivity index is 2.00. The molecule has 3 rings (SSSR count). The molecular formula is C21H24BrNO2. The van der Waals surface area contributed by atoms with Crippen molar-refractivity contribution < 1.29 is 9.90 Å². The van der Waals surface area contributed by atoms with Crippen LogP contribution in [0.1, 0.15) is 41.1 Å². The van der Waals surface area contributed by atoms with Crippen molar-refractivity contribution in [2.45, 2.75) is 32.7 Å². The van der Waals surface area contributed by atoms with Crippen molar-refractivity contribution in [3.63, 3.8) is 0 Å². The molecule has 0 aromatic heterocycles. The van der Waals surface area contributed by atoms with E-state index in [0.29, 0.717) is 12.8 Å². The molecule has 3 nitrogen and oxygen atoms in total. The normalized spacial score (nSPS) is 17.4. The fourth-order valence-electron chi connectivity index (χ4n) is 3.72. The van der Waals surface area contributed by atoms with Gasteiger partial charge in [0.2, 0.25) is 0 Å². The lowest BCUT2D eigenvalue weighted by molar-refractivity contribution is -0.143. The Labute approximate surface area is 157 Å². The Kier molecular flexibility index (Phi) is 5.60. The van der Waals surface area contributed by atoms with Crippen LogP contribution < -0.4 is 0 Å². The highest BCUT2D eigenvalue weighted by atomic mass is 79.9. The summed E-state index contributed by atoms with van der Waals surface area (Å²) in [6.07, 6.45) is 1.42. The van der Waals surface area contributed by atoms with E-state index in [1.54, 1.807) is 0 Å². The van der Waals surface area contributed by atoms with E-state index in [-0.39, 0.29) is 12.0 Å². The summed E-state index contributed by atoms with van der Waals surface area (Å²) in [6, 6.07) is 15.1. The van der Waals surface area contributed by atoms with Gasteiger partial charge in [-0.1, -0.05) is 57.9 Å². The Morgan fingerprint density at radius 2 is 1.80 bits per heavy atom. The topological polar surface area (TPSA) is 40.5 Å². The molecule has 0 bridgehead atoms. The van der Waals surface area contributed by atoms with E-state index >= 15 is 0 Å². The van der Waals surface area contributed by atoms with Gasteiger partial charge < -0.3 is 5.11 Å². The number of piperidine rings is 1. The average molecular weight is 402 g/mol. The van der Waals surface area contributed by atoms with Crippen LogP contribution in [0.3, 0.4) is 0 Å². The number of aryl methyl sites for hydroxylation is 2. The summed E-state index contributed by atoms with van der Waals surface area (Å²) in [5.74, 6) is -0.876. The highest BCUT2D eigenvalue weighted by Gasteiger charge is 2.31. The van der Waals surface area contributed by atoms with Gasteiger partial charge in [-0.05, 0) is 62.5 Å². The van der Waals surface area contributed by atoms with Gasteiger partial charge >= 0.3 is 5.97 Å². The summed E-state index contributed by atoms with van der Waals surface area (Å²) in [6.45, 7) is 5.88. The second-order valence-electron chi connectivity index (χ2n) is 6.93. The van der Waals surface area contributed by atoms with Crippen LogP contribution in [0.25, 0.3) is 0 Å². The van der Waals surface area contributed by atoms with E-state index in [1.807, 2.05) is 6.07 Å². The SMILES string of the molecule is Cc1ccc(C)c(C(c2ccccc2Br)N2CCC(C(=O)O)CC2)c1. The molecule has 132 valence electrons. The van der Waals surface area contributed by atoms with Crippen molar-refractivity contribution in [1.29, 1.82) is 0 Å². The third kappa shape index (κ3) is 3.96. The molecule has 0 saturated carbocycles. The van der Waals surface area contributed by atoms with Gasteiger partial charge in [0, 0.05) is 4.47 Å². The van der Waals surface area contributed by atoms with Gasteiger partial charge in [-0.3, -0.25) is 9.69 Å². The van der Waals surface area contributed by atoms with E-state index in [4.69, 9.17) is 0 Å². The predicted octanol–water partition coefficient (Wildman–Crippen LogP) is 4.95. The number of benzene rings is 2. The summed E-state index contributed by atoms with van der Waals surface area (Å²) >= 11 is 3.72. The lowest BCUT2D eigenvalue weighted by Gasteiger charge is -2.38. The second kappa shape index (κ2) is 7.71. The van der Waals surface area contributed by atoms with Gasteiger partial charge in [0.25, 0.3) is 0 Å². The maximum absolute atomic E-state index is 11.3. The minimum Gasteiger partial charge on any atom is -0.481 e. The number of carboxylic acids is 1. The van der Waals surface area contributed by atoms with E-state index in [0.717, 1.165) is 17.6 Å². The van der Waals surface area contributed by atoms with Crippen molar-refractivity contribution in [2.24, 2.45) is 5.92 Å². The molecule has 4 heteroatoms. The fraction of sp³-hybridized carbons (Fsp3) is 0.381. The van der Waals surface area contributed by atoms with E-state index in [2.05, 4.69) is 71.1 Å². The first-order valence-electron chi connectivity index (χ1n) is 8.76. The molecule has 2 aromatic carbocycles. The van der Waals surface area contributed by atoms with Crippen molar-refractivity contribution in [3.05, 3.63) is 69.2 Å². The van der Waals surface area contributed by atoms with Crippen molar-refractivity contribution in [2.75, 3.05) is 13.1 Å². The quantitative estimate of drug-likeness (QED) is 0.787. The van der Waals surface area contributed by atoms with Crippen LogP contribution in [-0.4, -0.2) is 29.1 Å². The smallest absolute Gasteiger partial charge is 0.306 e. The average Bonchev–Trinajstić information content (AvgIpc) is 2.60. The number of hydrogen-bond donors (Lipinski definition) is 1. The monoisotopic (exact) mass is 401 g/mol. The molecule has 1 heterocycles. The zero-order valence-electron chi connectivity index (χ0n) is 14.7. The third-order valence-electron chi connectivity index (χ3n) is 5.17. The van der Waals surface area contributed by atoms with Crippen LogP contribution in [0.5, 0.6) is 0 Å². The molecule has 0 spiro atoms. The van der Waals surface area contributed by atoms with Gasteiger partial charge in [-0.15, -0.1) is 0 Å². The Morgan fingerprint density at radius 1 is 1.12 bits per heavy atom. The van der Waals surface area contributed by atoms with Gasteiger partial charge in [0.05, 0.1) is 12.0 Å². The number of likely N-dealkylation sites (tertiary alicyclic amines) is 1. The largest absolute Gasteiger partial charge is 0.481 e. The molecule has 2 aromatic rings.